The number of rotatable bonds is 4. The Balaban J connectivity index is 2.11. The molecule has 0 bridgehead atoms. The Morgan fingerprint density at radius 3 is 2.36 bits per heavy atom. The summed E-state index contributed by atoms with van der Waals surface area (Å²) in [6.07, 6.45) is 7.43. The Morgan fingerprint density at radius 1 is 1.14 bits per heavy atom. The van der Waals surface area contributed by atoms with Gasteiger partial charge in [-0.05, 0) is 12.8 Å². The average Bonchev–Trinajstić information content (AvgIpc) is 3.15. The molecule has 1 atom stereocenters. The molecule has 118 valence electrons. The van der Waals surface area contributed by atoms with Gasteiger partial charge >= 0.3 is 0 Å². The van der Waals surface area contributed by atoms with Crippen molar-refractivity contribution >= 4 is 0 Å². The topological polar surface area (TPSA) is 41.9 Å². The lowest BCUT2D eigenvalue weighted by molar-refractivity contribution is -0.154. The molecule has 0 saturated carbocycles. The number of likely N-dealkylation sites (N-methyl/N-ethyl adjacent to an activating group) is 1. The highest BCUT2D eigenvalue weighted by atomic mass is 16.7. The van der Waals surface area contributed by atoms with Gasteiger partial charge in [0, 0.05) is 37.3 Å². The van der Waals surface area contributed by atoms with E-state index in [9.17, 15) is 5.11 Å². The van der Waals surface area contributed by atoms with Crippen LogP contribution in [0.15, 0.2) is 48.6 Å². The van der Waals surface area contributed by atoms with Gasteiger partial charge in [-0.25, -0.2) is 0 Å². The minimum atomic E-state index is -1.00. The van der Waals surface area contributed by atoms with Crippen molar-refractivity contribution < 1.29 is 14.6 Å². The van der Waals surface area contributed by atoms with Crippen LogP contribution in [0.5, 0.6) is 0 Å². The van der Waals surface area contributed by atoms with Crippen LogP contribution in [-0.4, -0.2) is 24.1 Å². The van der Waals surface area contributed by atoms with Gasteiger partial charge in [-0.1, -0.05) is 37.3 Å². The van der Waals surface area contributed by atoms with E-state index in [2.05, 4.69) is 6.08 Å². The first kappa shape index (κ1) is 15.0. The van der Waals surface area contributed by atoms with E-state index in [0.29, 0.717) is 12.8 Å². The third kappa shape index (κ3) is 2.10. The van der Waals surface area contributed by atoms with Crippen molar-refractivity contribution in [3.8, 4) is 0 Å². The first-order chi connectivity index (χ1) is 10.5. The summed E-state index contributed by atoms with van der Waals surface area (Å²) in [7, 11) is 3.93. The second-order valence-corrected chi connectivity index (χ2v) is 6.04. The molecule has 1 aromatic rings. The van der Waals surface area contributed by atoms with Gasteiger partial charge in [-0.2, -0.15) is 0 Å². The first-order valence-electron chi connectivity index (χ1n) is 7.74. The van der Waals surface area contributed by atoms with E-state index in [4.69, 9.17) is 9.47 Å². The zero-order valence-electron chi connectivity index (χ0n) is 13.4. The molecule has 4 heteroatoms. The molecule has 0 fully saturated rings. The standard InChI is InChI=1S/C18H23NO3/c1-4-18(21-12-13-22-18)15-9-6-5-8-14(15)17(20)11-7-10-16(17)19(2)3/h5-6,8-10,12-13,20H,4,7,11H2,1-3H3. The number of benzene rings is 1. The molecule has 1 aliphatic heterocycles. The van der Waals surface area contributed by atoms with Gasteiger partial charge in [0.05, 0.1) is 0 Å². The highest BCUT2D eigenvalue weighted by Gasteiger charge is 2.46. The first-order valence-corrected chi connectivity index (χ1v) is 7.74. The quantitative estimate of drug-likeness (QED) is 0.927. The van der Waals surface area contributed by atoms with E-state index in [1.165, 1.54) is 0 Å². The minimum absolute atomic E-state index is 0.661. The molecule has 0 spiro atoms. The van der Waals surface area contributed by atoms with Crippen LogP contribution in [0.3, 0.4) is 0 Å². The van der Waals surface area contributed by atoms with Gasteiger partial charge in [0.15, 0.2) is 0 Å². The Hall–Kier alpha value is -1.94. The maximum atomic E-state index is 11.4. The molecule has 1 N–H and O–H groups in total. The van der Waals surface area contributed by atoms with Crippen molar-refractivity contribution in [3.63, 3.8) is 0 Å². The van der Waals surface area contributed by atoms with E-state index >= 15 is 0 Å². The van der Waals surface area contributed by atoms with Crippen LogP contribution >= 0.6 is 0 Å². The van der Waals surface area contributed by atoms with Crippen LogP contribution in [0.4, 0.5) is 0 Å². The minimum Gasteiger partial charge on any atom is -0.453 e. The van der Waals surface area contributed by atoms with Gasteiger partial charge in [-0.3, -0.25) is 0 Å². The van der Waals surface area contributed by atoms with Gasteiger partial charge < -0.3 is 19.5 Å². The molecule has 2 aliphatic rings. The molecule has 1 aliphatic carbocycles. The van der Waals surface area contributed by atoms with Crippen LogP contribution in [0, 0.1) is 0 Å². The van der Waals surface area contributed by atoms with Crippen LogP contribution in [-0.2, 0) is 20.9 Å². The second-order valence-electron chi connectivity index (χ2n) is 6.04. The normalized spacial score (nSPS) is 25.5. The third-order valence-corrected chi connectivity index (χ3v) is 4.57. The smallest absolute Gasteiger partial charge is 0.276 e. The predicted octanol–water partition coefficient (Wildman–Crippen LogP) is 3.19. The molecule has 4 nitrogen and oxygen atoms in total. The number of allylic oxidation sites excluding steroid dienone is 1. The van der Waals surface area contributed by atoms with Crippen LogP contribution in [0.1, 0.15) is 37.3 Å². The molecular weight excluding hydrogens is 278 g/mol. The number of ether oxygens (including phenoxy) is 2. The second kappa shape index (κ2) is 5.36. The van der Waals surface area contributed by atoms with Crippen LogP contribution in [0.2, 0.25) is 0 Å². The SMILES string of the molecule is CCC1(c2ccccc2C2(O)CCC=C2N(C)C)OC=CO1. The number of hydrogen-bond acceptors (Lipinski definition) is 4. The van der Waals surface area contributed by atoms with Crippen molar-refractivity contribution in [2.75, 3.05) is 14.1 Å². The summed E-state index contributed by atoms with van der Waals surface area (Å²) in [6, 6.07) is 7.86. The fourth-order valence-corrected chi connectivity index (χ4v) is 3.50. The van der Waals surface area contributed by atoms with E-state index in [1.807, 2.05) is 50.2 Å². The molecule has 22 heavy (non-hydrogen) atoms. The Bertz CT molecular complexity index is 613. The Labute approximate surface area is 131 Å². The van der Waals surface area contributed by atoms with Gasteiger partial charge in [0.1, 0.15) is 18.1 Å². The third-order valence-electron chi connectivity index (χ3n) is 4.57. The molecule has 0 aromatic heterocycles. The summed E-state index contributed by atoms with van der Waals surface area (Å²) >= 11 is 0. The molecule has 0 amide bonds. The van der Waals surface area contributed by atoms with Crippen LogP contribution < -0.4 is 0 Å². The highest BCUT2D eigenvalue weighted by Crippen LogP contribution is 2.46. The van der Waals surface area contributed by atoms with Crippen molar-refractivity contribution in [2.24, 2.45) is 0 Å². The zero-order chi connectivity index (χ0) is 15.8. The van der Waals surface area contributed by atoms with E-state index in [1.54, 1.807) is 12.5 Å². The van der Waals surface area contributed by atoms with Crippen LogP contribution in [0.25, 0.3) is 0 Å². The van der Waals surface area contributed by atoms with Crippen molar-refractivity contribution in [3.05, 3.63) is 59.7 Å². The van der Waals surface area contributed by atoms with Gasteiger partial charge in [0.25, 0.3) is 5.79 Å². The van der Waals surface area contributed by atoms with Crippen molar-refractivity contribution in [1.82, 2.24) is 4.90 Å². The average molecular weight is 301 g/mol. The molecular formula is C18H23NO3. The largest absolute Gasteiger partial charge is 0.453 e. The maximum absolute atomic E-state index is 11.4. The lowest BCUT2D eigenvalue weighted by Gasteiger charge is -2.36. The Morgan fingerprint density at radius 2 is 1.77 bits per heavy atom. The Kier molecular flexibility index (Phi) is 3.65. The fourth-order valence-electron chi connectivity index (χ4n) is 3.50. The molecule has 0 radical (unpaired) electrons. The van der Waals surface area contributed by atoms with Crippen molar-refractivity contribution in [2.45, 2.75) is 37.6 Å². The van der Waals surface area contributed by atoms with Crippen molar-refractivity contribution in [1.29, 1.82) is 0 Å². The van der Waals surface area contributed by atoms with E-state index in [0.717, 1.165) is 23.2 Å². The molecule has 3 rings (SSSR count). The maximum Gasteiger partial charge on any atom is 0.276 e. The molecule has 1 aromatic carbocycles. The lowest BCUT2D eigenvalue weighted by atomic mass is 9.83. The fraction of sp³-hybridized carbons (Fsp3) is 0.444. The number of aliphatic hydroxyl groups is 1. The summed E-state index contributed by atoms with van der Waals surface area (Å²) in [5.74, 6) is -0.841. The summed E-state index contributed by atoms with van der Waals surface area (Å²) in [5.41, 5.74) is 1.67. The number of hydrogen-bond donors (Lipinski definition) is 1. The lowest BCUT2D eigenvalue weighted by Crippen LogP contribution is -2.37. The highest BCUT2D eigenvalue weighted by molar-refractivity contribution is 5.43. The monoisotopic (exact) mass is 301 g/mol. The van der Waals surface area contributed by atoms with Gasteiger partial charge in [-0.15, -0.1) is 0 Å². The molecule has 0 saturated heterocycles. The summed E-state index contributed by atoms with van der Waals surface area (Å²) in [6.45, 7) is 2.02. The summed E-state index contributed by atoms with van der Waals surface area (Å²) in [5, 5.41) is 11.4. The number of nitrogens with zero attached hydrogens (tertiary/aromatic N) is 1. The molecule has 1 heterocycles. The van der Waals surface area contributed by atoms with Gasteiger partial charge in [0.2, 0.25) is 0 Å². The summed E-state index contributed by atoms with van der Waals surface area (Å²) in [4.78, 5) is 1.98. The summed E-state index contributed by atoms with van der Waals surface area (Å²) < 4.78 is 11.5. The van der Waals surface area contributed by atoms with E-state index < -0.39 is 11.4 Å². The molecule has 1 unspecified atom stereocenters. The zero-order valence-corrected chi connectivity index (χ0v) is 13.4. The predicted molar refractivity (Wildman–Crippen MR) is 84.6 cm³/mol. The van der Waals surface area contributed by atoms with E-state index in [-0.39, 0.29) is 0 Å².